The summed E-state index contributed by atoms with van der Waals surface area (Å²) in [5, 5.41) is 8.99. The van der Waals surface area contributed by atoms with Gasteiger partial charge in [-0.05, 0) is 18.2 Å². The van der Waals surface area contributed by atoms with Gasteiger partial charge in [-0.3, -0.25) is 9.59 Å². The van der Waals surface area contributed by atoms with Gasteiger partial charge in [0, 0.05) is 24.4 Å². The summed E-state index contributed by atoms with van der Waals surface area (Å²) in [7, 11) is 1.54. The van der Waals surface area contributed by atoms with Crippen LogP contribution >= 0.6 is 0 Å². The number of nitrogens with zero attached hydrogens (tertiary/aromatic N) is 1. The molecule has 7 heteroatoms. The van der Waals surface area contributed by atoms with Crippen molar-refractivity contribution < 1.29 is 14.1 Å². The molecule has 2 aromatic heterocycles. The quantitative estimate of drug-likeness (QED) is 0.688. The summed E-state index contributed by atoms with van der Waals surface area (Å²) >= 11 is 0. The lowest BCUT2D eigenvalue weighted by Gasteiger charge is -2.03. The van der Waals surface area contributed by atoms with Crippen LogP contribution in [-0.2, 0) is 0 Å². The van der Waals surface area contributed by atoms with Gasteiger partial charge < -0.3 is 20.1 Å². The van der Waals surface area contributed by atoms with Crippen molar-refractivity contribution in [2.75, 3.05) is 12.4 Å². The van der Waals surface area contributed by atoms with Gasteiger partial charge in [-0.15, -0.1) is 0 Å². The van der Waals surface area contributed by atoms with Gasteiger partial charge in [0.15, 0.2) is 5.76 Å². The van der Waals surface area contributed by atoms with Crippen LogP contribution < -0.4 is 10.6 Å². The van der Waals surface area contributed by atoms with Crippen LogP contribution in [0.5, 0.6) is 0 Å². The number of hydrogen-bond donors (Lipinski definition) is 3. The smallest absolute Gasteiger partial charge is 0.267 e. The van der Waals surface area contributed by atoms with Crippen LogP contribution in [0.4, 0.5) is 5.69 Å². The van der Waals surface area contributed by atoms with Crippen molar-refractivity contribution in [3.05, 3.63) is 60.0 Å². The molecule has 23 heavy (non-hydrogen) atoms. The Morgan fingerprint density at radius 3 is 2.70 bits per heavy atom. The van der Waals surface area contributed by atoms with Crippen molar-refractivity contribution in [1.82, 2.24) is 15.5 Å². The minimum Gasteiger partial charge on any atom is -0.356 e. The zero-order chi connectivity index (χ0) is 16.2. The molecule has 0 aliphatic carbocycles. The number of rotatable bonds is 4. The van der Waals surface area contributed by atoms with Crippen LogP contribution in [0.3, 0.4) is 0 Å². The maximum absolute atomic E-state index is 12.2. The Balaban J connectivity index is 1.84. The van der Waals surface area contributed by atoms with Crippen LogP contribution in [0, 0.1) is 0 Å². The summed E-state index contributed by atoms with van der Waals surface area (Å²) in [6.45, 7) is 0. The van der Waals surface area contributed by atoms with Crippen LogP contribution in [-0.4, -0.2) is 29.0 Å². The summed E-state index contributed by atoms with van der Waals surface area (Å²) in [4.78, 5) is 26.6. The largest absolute Gasteiger partial charge is 0.356 e. The number of aromatic nitrogens is 2. The number of nitrogens with one attached hydrogen (secondary N) is 3. The second-order valence-corrected chi connectivity index (χ2v) is 4.77. The highest BCUT2D eigenvalue weighted by Crippen LogP contribution is 2.28. The fraction of sp³-hybridized carbons (Fsp3) is 0.0625. The predicted molar refractivity (Wildman–Crippen MR) is 84.1 cm³/mol. The summed E-state index contributed by atoms with van der Waals surface area (Å²) in [6.07, 6.45) is 3.03. The predicted octanol–water partition coefficient (Wildman–Crippen LogP) is 2.28. The van der Waals surface area contributed by atoms with E-state index in [0.29, 0.717) is 28.3 Å². The molecule has 0 bridgehead atoms. The molecule has 3 N–H and O–H groups in total. The molecule has 0 unspecified atom stereocenters. The average molecular weight is 310 g/mol. The van der Waals surface area contributed by atoms with Crippen molar-refractivity contribution in [3.63, 3.8) is 0 Å². The van der Waals surface area contributed by atoms with Crippen molar-refractivity contribution in [2.24, 2.45) is 0 Å². The van der Waals surface area contributed by atoms with Crippen molar-refractivity contribution in [3.8, 4) is 11.3 Å². The molecular weight excluding hydrogens is 296 g/mol. The maximum atomic E-state index is 12.2. The van der Waals surface area contributed by atoms with Crippen LogP contribution in [0.2, 0.25) is 0 Å². The third-order valence-corrected chi connectivity index (χ3v) is 3.27. The lowest BCUT2D eigenvalue weighted by molar-refractivity contribution is 0.0958. The van der Waals surface area contributed by atoms with Crippen LogP contribution in [0.15, 0.2) is 53.3 Å². The van der Waals surface area contributed by atoms with Gasteiger partial charge in [0.1, 0.15) is 11.4 Å². The molecule has 0 radical (unpaired) electrons. The SMILES string of the molecule is CNC(=O)c1cc(-c2oncc2NC(=O)c2ccccc2)c[nH]1. The van der Waals surface area contributed by atoms with E-state index in [-0.39, 0.29) is 11.8 Å². The van der Waals surface area contributed by atoms with E-state index < -0.39 is 0 Å². The Kier molecular flexibility index (Phi) is 3.92. The summed E-state index contributed by atoms with van der Waals surface area (Å²) < 4.78 is 5.20. The van der Waals surface area contributed by atoms with E-state index >= 15 is 0 Å². The first-order valence-corrected chi connectivity index (χ1v) is 6.91. The van der Waals surface area contributed by atoms with Gasteiger partial charge in [-0.25, -0.2) is 0 Å². The Hall–Kier alpha value is -3.35. The Morgan fingerprint density at radius 1 is 1.17 bits per heavy atom. The average Bonchev–Trinajstić information content (AvgIpc) is 3.23. The first-order chi connectivity index (χ1) is 11.2. The number of H-pyrrole nitrogens is 1. The van der Waals surface area contributed by atoms with Gasteiger partial charge >= 0.3 is 0 Å². The molecule has 0 aliphatic heterocycles. The number of hydrogen-bond acceptors (Lipinski definition) is 4. The van der Waals surface area contributed by atoms with Crippen molar-refractivity contribution >= 4 is 17.5 Å². The van der Waals surface area contributed by atoms with E-state index in [1.807, 2.05) is 6.07 Å². The van der Waals surface area contributed by atoms with Gasteiger partial charge in [-0.2, -0.15) is 0 Å². The highest BCUT2D eigenvalue weighted by atomic mass is 16.5. The monoisotopic (exact) mass is 310 g/mol. The zero-order valence-corrected chi connectivity index (χ0v) is 12.3. The molecule has 3 rings (SSSR count). The molecule has 7 nitrogen and oxygen atoms in total. The van der Waals surface area contributed by atoms with Gasteiger partial charge in [0.05, 0.1) is 6.20 Å². The molecule has 0 saturated heterocycles. The van der Waals surface area contributed by atoms with E-state index in [0.717, 1.165) is 0 Å². The van der Waals surface area contributed by atoms with E-state index in [9.17, 15) is 9.59 Å². The molecular formula is C16H14N4O3. The molecule has 2 amide bonds. The number of benzene rings is 1. The molecule has 2 heterocycles. The van der Waals surface area contributed by atoms with Gasteiger partial charge in [-0.1, -0.05) is 23.4 Å². The molecule has 3 aromatic rings. The van der Waals surface area contributed by atoms with Gasteiger partial charge in [0.25, 0.3) is 11.8 Å². The molecule has 0 fully saturated rings. The molecule has 0 atom stereocenters. The lowest BCUT2D eigenvalue weighted by Crippen LogP contribution is -2.17. The number of aromatic amines is 1. The van der Waals surface area contributed by atoms with E-state index in [4.69, 9.17) is 4.52 Å². The van der Waals surface area contributed by atoms with E-state index in [1.54, 1.807) is 43.6 Å². The third-order valence-electron chi connectivity index (χ3n) is 3.27. The highest BCUT2D eigenvalue weighted by molar-refractivity contribution is 6.05. The first-order valence-electron chi connectivity index (χ1n) is 6.91. The summed E-state index contributed by atoms with van der Waals surface area (Å²) in [6, 6.07) is 10.4. The Morgan fingerprint density at radius 2 is 1.96 bits per heavy atom. The third kappa shape index (κ3) is 2.98. The second kappa shape index (κ2) is 6.18. The fourth-order valence-corrected chi connectivity index (χ4v) is 2.11. The number of carbonyl (C=O) groups is 2. The number of anilines is 1. The Bertz CT molecular complexity index is 836. The lowest BCUT2D eigenvalue weighted by atomic mass is 10.2. The van der Waals surface area contributed by atoms with Gasteiger partial charge in [0.2, 0.25) is 0 Å². The van der Waals surface area contributed by atoms with Crippen LogP contribution in [0.1, 0.15) is 20.8 Å². The fourth-order valence-electron chi connectivity index (χ4n) is 2.11. The minimum atomic E-state index is -0.267. The summed E-state index contributed by atoms with van der Waals surface area (Å²) in [5.41, 5.74) is 1.96. The molecule has 1 aromatic carbocycles. The molecule has 0 saturated carbocycles. The minimum absolute atomic E-state index is 0.245. The zero-order valence-electron chi connectivity index (χ0n) is 12.3. The van der Waals surface area contributed by atoms with Crippen molar-refractivity contribution in [2.45, 2.75) is 0 Å². The highest BCUT2D eigenvalue weighted by Gasteiger charge is 2.17. The van der Waals surface area contributed by atoms with Crippen LogP contribution in [0.25, 0.3) is 11.3 Å². The molecule has 0 spiro atoms. The Labute approximate surface area is 131 Å². The normalized spacial score (nSPS) is 10.3. The topological polar surface area (TPSA) is 100 Å². The molecule has 116 valence electrons. The van der Waals surface area contributed by atoms with E-state index in [1.165, 1.54) is 6.20 Å². The molecule has 0 aliphatic rings. The standard InChI is InChI=1S/C16H14N4O3/c1-17-16(22)12-7-11(8-18-12)14-13(9-19-23-14)20-15(21)10-5-3-2-4-6-10/h2-9,18H,1H3,(H,17,22)(H,20,21). The summed E-state index contributed by atoms with van der Waals surface area (Å²) in [5.74, 6) is -0.136. The van der Waals surface area contributed by atoms with Crippen molar-refractivity contribution in [1.29, 1.82) is 0 Å². The first kappa shape index (κ1) is 14.6. The maximum Gasteiger partial charge on any atom is 0.267 e. The second-order valence-electron chi connectivity index (χ2n) is 4.77. The number of carbonyl (C=O) groups excluding carboxylic acids is 2. The van der Waals surface area contributed by atoms with E-state index in [2.05, 4.69) is 20.8 Å². The number of amides is 2.